The van der Waals surface area contributed by atoms with E-state index < -0.39 is 17.9 Å². The van der Waals surface area contributed by atoms with Crippen molar-refractivity contribution in [1.29, 1.82) is 0 Å². The number of nitrogens with one attached hydrogen (secondary N) is 1. The summed E-state index contributed by atoms with van der Waals surface area (Å²) < 4.78 is 7.10. The Kier molecular flexibility index (Phi) is 5.76. The largest absolute Gasteiger partial charge is 0.480 e. The monoisotopic (exact) mass is 435 g/mol. The molecule has 29 heavy (non-hydrogen) atoms. The number of rotatable bonds is 5. The van der Waals surface area contributed by atoms with Gasteiger partial charge in [0.25, 0.3) is 11.5 Å². The summed E-state index contributed by atoms with van der Waals surface area (Å²) in [6.45, 7) is 1.34. The molecule has 0 fully saturated rings. The third kappa shape index (κ3) is 4.33. The first-order chi connectivity index (χ1) is 13.7. The summed E-state index contributed by atoms with van der Waals surface area (Å²) in [6.07, 6.45) is 1.40. The molecule has 0 aliphatic carbocycles. The standard InChI is InChI=1S/C19H15Cl2N3O5/c1-9(19(27)28)23-17(25)10-5-13(20)16(14(21)6-10)29-11-3-4-12-15(7-11)22-8-24(2)18(12)26/h3-9H,1-2H3,(H,23,25)(H,27,28)/t9-/m1/s1. The summed E-state index contributed by atoms with van der Waals surface area (Å²) in [5.74, 6) is -1.35. The number of ether oxygens (including phenoxy) is 1. The number of benzene rings is 2. The molecule has 0 bridgehead atoms. The van der Waals surface area contributed by atoms with Gasteiger partial charge in [-0.05, 0) is 31.2 Å². The molecule has 0 aliphatic rings. The molecule has 1 heterocycles. The molecular weight excluding hydrogens is 421 g/mol. The highest BCUT2D eigenvalue weighted by Gasteiger charge is 2.19. The Bertz CT molecular complexity index is 1170. The van der Waals surface area contributed by atoms with Crippen molar-refractivity contribution in [2.45, 2.75) is 13.0 Å². The van der Waals surface area contributed by atoms with Crippen LogP contribution in [0.25, 0.3) is 10.9 Å². The first kappa shape index (κ1) is 20.6. The smallest absolute Gasteiger partial charge is 0.325 e. The number of carboxylic acids is 1. The molecule has 0 spiro atoms. The zero-order valence-electron chi connectivity index (χ0n) is 15.3. The Morgan fingerprint density at radius 2 is 1.86 bits per heavy atom. The van der Waals surface area contributed by atoms with E-state index >= 15 is 0 Å². The number of aromatic nitrogens is 2. The lowest BCUT2D eigenvalue weighted by Crippen LogP contribution is -2.38. The lowest BCUT2D eigenvalue weighted by molar-refractivity contribution is -0.138. The molecule has 10 heteroatoms. The number of aryl methyl sites for hydroxylation is 1. The van der Waals surface area contributed by atoms with Crippen LogP contribution in [0.4, 0.5) is 0 Å². The molecule has 0 saturated carbocycles. The zero-order valence-corrected chi connectivity index (χ0v) is 16.8. The summed E-state index contributed by atoms with van der Waals surface area (Å²) in [7, 11) is 1.60. The van der Waals surface area contributed by atoms with E-state index in [2.05, 4.69) is 10.3 Å². The fourth-order valence-corrected chi connectivity index (χ4v) is 3.07. The maximum absolute atomic E-state index is 12.2. The lowest BCUT2D eigenvalue weighted by atomic mass is 10.2. The van der Waals surface area contributed by atoms with Crippen LogP contribution in [0.2, 0.25) is 10.0 Å². The van der Waals surface area contributed by atoms with E-state index in [4.69, 9.17) is 33.0 Å². The minimum Gasteiger partial charge on any atom is -0.480 e. The predicted molar refractivity (Wildman–Crippen MR) is 108 cm³/mol. The first-order valence-electron chi connectivity index (χ1n) is 8.33. The van der Waals surface area contributed by atoms with Crippen molar-refractivity contribution in [2.75, 3.05) is 0 Å². The van der Waals surface area contributed by atoms with E-state index in [0.717, 1.165) is 0 Å². The van der Waals surface area contributed by atoms with Gasteiger partial charge in [-0.2, -0.15) is 0 Å². The number of carboxylic acid groups (broad SMARTS) is 1. The summed E-state index contributed by atoms with van der Waals surface area (Å²) in [6, 6.07) is 6.29. The summed E-state index contributed by atoms with van der Waals surface area (Å²) >= 11 is 12.4. The second-order valence-electron chi connectivity index (χ2n) is 6.24. The number of carbonyl (C=O) groups is 2. The van der Waals surface area contributed by atoms with Crippen LogP contribution in [0.1, 0.15) is 17.3 Å². The van der Waals surface area contributed by atoms with Crippen molar-refractivity contribution >= 4 is 46.0 Å². The van der Waals surface area contributed by atoms with Crippen molar-refractivity contribution < 1.29 is 19.4 Å². The zero-order chi connectivity index (χ0) is 21.3. The topological polar surface area (TPSA) is 111 Å². The molecule has 2 aromatic carbocycles. The molecule has 8 nitrogen and oxygen atoms in total. The van der Waals surface area contributed by atoms with E-state index in [-0.39, 0.29) is 26.9 Å². The SMILES string of the molecule is C[C@@H](NC(=O)c1cc(Cl)c(Oc2ccc3c(=O)n(C)cnc3c2)c(Cl)c1)C(=O)O. The molecule has 2 N–H and O–H groups in total. The van der Waals surface area contributed by atoms with Crippen molar-refractivity contribution in [1.82, 2.24) is 14.9 Å². The number of nitrogens with zero attached hydrogens (tertiary/aromatic N) is 2. The number of fused-ring (bicyclic) bond motifs is 1. The molecule has 0 saturated heterocycles. The molecule has 1 atom stereocenters. The third-order valence-corrected chi connectivity index (χ3v) is 4.65. The van der Waals surface area contributed by atoms with Crippen LogP contribution in [0, 0.1) is 0 Å². The summed E-state index contributed by atoms with van der Waals surface area (Å²) in [5.41, 5.74) is 0.337. The number of amides is 1. The van der Waals surface area contributed by atoms with Crippen LogP contribution in [-0.4, -0.2) is 32.6 Å². The minimum absolute atomic E-state index is 0.0580. The number of hydrogen-bond acceptors (Lipinski definition) is 5. The van der Waals surface area contributed by atoms with Gasteiger partial charge in [0.05, 0.1) is 27.3 Å². The third-order valence-electron chi connectivity index (χ3n) is 4.09. The van der Waals surface area contributed by atoms with E-state index in [9.17, 15) is 14.4 Å². The minimum atomic E-state index is -1.17. The van der Waals surface area contributed by atoms with Gasteiger partial charge < -0.3 is 19.7 Å². The Labute approximate surface area is 174 Å². The second-order valence-corrected chi connectivity index (χ2v) is 7.06. The molecule has 1 amide bonds. The molecule has 0 unspecified atom stereocenters. The second kappa shape index (κ2) is 8.10. The first-order valence-corrected chi connectivity index (χ1v) is 9.09. The Hall–Kier alpha value is -3.10. The van der Waals surface area contributed by atoms with Gasteiger partial charge >= 0.3 is 5.97 Å². The molecule has 0 radical (unpaired) electrons. The van der Waals surface area contributed by atoms with Gasteiger partial charge in [0.1, 0.15) is 11.8 Å². The molecule has 0 aliphatic heterocycles. The molecule has 3 rings (SSSR count). The van der Waals surface area contributed by atoms with Gasteiger partial charge in [0.2, 0.25) is 0 Å². The van der Waals surface area contributed by atoms with Gasteiger partial charge in [-0.15, -0.1) is 0 Å². The van der Waals surface area contributed by atoms with Crippen molar-refractivity contribution in [3.8, 4) is 11.5 Å². The lowest BCUT2D eigenvalue weighted by Gasteiger charge is -2.13. The molecular formula is C19H15Cl2N3O5. The number of aliphatic carboxylic acids is 1. The maximum Gasteiger partial charge on any atom is 0.325 e. The van der Waals surface area contributed by atoms with Crippen molar-refractivity contribution in [3.63, 3.8) is 0 Å². The highest BCUT2D eigenvalue weighted by molar-refractivity contribution is 6.37. The van der Waals surface area contributed by atoms with Gasteiger partial charge in [-0.3, -0.25) is 14.4 Å². The quantitative estimate of drug-likeness (QED) is 0.636. The number of halogens is 2. The fourth-order valence-electron chi connectivity index (χ4n) is 2.50. The van der Waals surface area contributed by atoms with Gasteiger partial charge in [0.15, 0.2) is 5.75 Å². The Morgan fingerprint density at radius 1 is 1.21 bits per heavy atom. The molecule has 150 valence electrons. The average molecular weight is 436 g/mol. The van der Waals surface area contributed by atoms with E-state index in [1.54, 1.807) is 25.2 Å². The fraction of sp³-hybridized carbons (Fsp3) is 0.158. The van der Waals surface area contributed by atoms with Crippen LogP contribution >= 0.6 is 23.2 Å². The van der Waals surface area contributed by atoms with Crippen LogP contribution in [-0.2, 0) is 11.8 Å². The van der Waals surface area contributed by atoms with Crippen molar-refractivity contribution in [3.05, 3.63) is 62.6 Å². The molecule has 3 aromatic rings. The van der Waals surface area contributed by atoms with Gasteiger partial charge in [0, 0.05) is 18.7 Å². The van der Waals surface area contributed by atoms with Crippen LogP contribution in [0.5, 0.6) is 11.5 Å². The van der Waals surface area contributed by atoms with Crippen LogP contribution in [0.15, 0.2) is 41.5 Å². The highest BCUT2D eigenvalue weighted by Crippen LogP contribution is 2.37. The van der Waals surface area contributed by atoms with Crippen LogP contribution in [0.3, 0.4) is 0 Å². The van der Waals surface area contributed by atoms with E-state index in [1.807, 2.05) is 0 Å². The molecule has 1 aromatic heterocycles. The normalized spacial score (nSPS) is 11.9. The van der Waals surface area contributed by atoms with Gasteiger partial charge in [-0.1, -0.05) is 23.2 Å². The maximum atomic E-state index is 12.2. The van der Waals surface area contributed by atoms with Crippen LogP contribution < -0.4 is 15.6 Å². The van der Waals surface area contributed by atoms with E-state index in [1.165, 1.54) is 30.0 Å². The van der Waals surface area contributed by atoms with Crippen molar-refractivity contribution in [2.24, 2.45) is 7.05 Å². The van der Waals surface area contributed by atoms with E-state index in [0.29, 0.717) is 16.7 Å². The average Bonchev–Trinajstić information content (AvgIpc) is 2.67. The highest BCUT2D eigenvalue weighted by atomic mass is 35.5. The number of hydrogen-bond donors (Lipinski definition) is 2. The summed E-state index contributed by atoms with van der Waals surface area (Å²) in [5, 5.41) is 11.7. The summed E-state index contributed by atoms with van der Waals surface area (Å²) in [4.78, 5) is 39.3. The van der Waals surface area contributed by atoms with Gasteiger partial charge in [-0.25, -0.2) is 4.98 Å². The Morgan fingerprint density at radius 3 is 2.48 bits per heavy atom. The predicted octanol–water partition coefficient (Wildman–Crippen LogP) is 3.24. The Balaban J connectivity index is 1.89. The number of carbonyl (C=O) groups excluding carboxylic acids is 1.